The number of aliphatic hydroxyl groups excluding tert-OH is 1. The van der Waals surface area contributed by atoms with Gasteiger partial charge in [0.1, 0.15) is 29.7 Å². The zero-order valence-corrected chi connectivity index (χ0v) is 19.7. The highest BCUT2D eigenvalue weighted by Gasteiger charge is 2.54. The van der Waals surface area contributed by atoms with Crippen LogP contribution in [-0.2, 0) is 14.2 Å². The standard InChI is InChI=1S/C24H24BrN3O5/c1-24(2)32-22-21(30)19(31-23(22)33-24)12-26-17-11-18(29)20(16-6-4-3-5-15(16)17)28-27-14-9-7-13(25)8-10-14/h3-11,19,21-23,26,29-30H,12H2,1-2H3/t19-,21+,22-,23-/m0/s1. The molecule has 0 radical (unpaired) electrons. The van der Waals surface area contributed by atoms with Gasteiger partial charge in [-0.2, -0.15) is 5.11 Å². The Bertz CT molecular complexity index is 1200. The van der Waals surface area contributed by atoms with Gasteiger partial charge in [0.2, 0.25) is 0 Å². The van der Waals surface area contributed by atoms with E-state index in [1.54, 1.807) is 19.9 Å². The Morgan fingerprint density at radius 3 is 2.48 bits per heavy atom. The minimum Gasteiger partial charge on any atom is -0.506 e. The summed E-state index contributed by atoms with van der Waals surface area (Å²) in [5.41, 5.74) is 1.75. The Morgan fingerprint density at radius 1 is 1.03 bits per heavy atom. The Morgan fingerprint density at radius 2 is 1.76 bits per heavy atom. The zero-order chi connectivity index (χ0) is 23.2. The molecule has 0 aliphatic carbocycles. The average Bonchev–Trinajstić information content (AvgIpc) is 3.24. The summed E-state index contributed by atoms with van der Waals surface area (Å²) in [5, 5.41) is 34.8. The van der Waals surface area contributed by atoms with Crippen molar-refractivity contribution in [2.75, 3.05) is 11.9 Å². The lowest BCUT2D eigenvalue weighted by molar-refractivity contribution is -0.213. The van der Waals surface area contributed by atoms with Crippen LogP contribution in [0.4, 0.5) is 17.1 Å². The number of anilines is 1. The van der Waals surface area contributed by atoms with Crippen LogP contribution >= 0.6 is 15.9 Å². The molecule has 0 unspecified atom stereocenters. The number of halogens is 1. The van der Waals surface area contributed by atoms with Crippen molar-refractivity contribution in [2.24, 2.45) is 10.2 Å². The molecule has 3 aromatic rings. The predicted molar refractivity (Wildman–Crippen MR) is 127 cm³/mol. The van der Waals surface area contributed by atoms with Crippen LogP contribution in [0, 0.1) is 0 Å². The number of nitrogens with one attached hydrogen (secondary N) is 1. The van der Waals surface area contributed by atoms with E-state index < -0.39 is 30.4 Å². The topological polar surface area (TPSA) is 105 Å². The summed E-state index contributed by atoms with van der Waals surface area (Å²) in [6.45, 7) is 3.89. The van der Waals surface area contributed by atoms with Gasteiger partial charge < -0.3 is 29.7 Å². The number of hydrogen-bond acceptors (Lipinski definition) is 8. The smallest absolute Gasteiger partial charge is 0.190 e. The minimum absolute atomic E-state index is 0.00441. The number of fused-ring (bicyclic) bond motifs is 2. The maximum absolute atomic E-state index is 10.7. The highest BCUT2D eigenvalue weighted by molar-refractivity contribution is 9.10. The molecule has 5 rings (SSSR count). The summed E-state index contributed by atoms with van der Waals surface area (Å²) >= 11 is 3.40. The Kier molecular flexibility index (Phi) is 5.84. The number of aromatic hydroxyl groups is 1. The Balaban J connectivity index is 1.37. The molecule has 2 fully saturated rings. The molecule has 4 atom stereocenters. The van der Waals surface area contributed by atoms with Crippen LogP contribution in [0.25, 0.3) is 10.8 Å². The summed E-state index contributed by atoms with van der Waals surface area (Å²) < 4.78 is 18.3. The van der Waals surface area contributed by atoms with E-state index in [2.05, 4.69) is 31.5 Å². The largest absolute Gasteiger partial charge is 0.506 e. The van der Waals surface area contributed by atoms with E-state index >= 15 is 0 Å². The quantitative estimate of drug-likeness (QED) is 0.396. The van der Waals surface area contributed by atoms with Gasteiger partial charge in [0, 0.05) is 33.5 Å². The van der Waals surface area contributed by atoms with Crippen LogP contribution in [0.1, 0.15) is 13.8 Å². The molecule has 172 valence electrons. The van der Waals surface area contributed by atoms with Crippen LogP contribution in [-0.4, -0.2) is 47.1 Å². The SMILES string of the molecule is CC1(C)O[C@@H]2O[C@@H](CNc3cc(O)c(N=Nc4ccc(Br)cc4)c4ccccc34)[C@@H](O)[C@@H]2O1. The molecule has 3 N–H and O–H groups in total. The van der Waals surface area contributed by atoms with E-state index in [0.717, 1.165) is 15.2 Å². The molecule has 2 aliphatic heterocycles. The van der Waals surface area contributed by atoms with Crippen LogP contribution in [0.3, 0.4) is 0 Å². The lowest BCUT2D eigenvalue weighted by Crippen LogP contribution is -2.37. The van der Waals surface area contributed by atoms with E-state index in [4.69, 9.17) is 14.2 Å². The van der Waals surface area contributed by atoms with Gasteiger partial charge >= 0.3 is 0 Å². The van der Waals surface area contributed by atoms with Crippen molar-refractivity contribution in [3.05, 3.63) is 59.1 Å². The first-order valence-electron chi connectivity index (χ1n) is 10.7. The van der Waals surface area contributed by atoms with E-state index in [9.17, 15) is 10.2 Å². The number of phenolic OH excluding ortho intramolecular Hbond substituents is 1. The molecule has 33 heavy (non-hydrogen) atoms. The van der Waals surface area contributed by atoms with Gasteiger partial charge in [0.05, 0.1) is 5.69 Å². The first kappa shape index (κ1) is 22.2. The van der Waals surface area contributed by atoms with Gasteiger partial charge in [-0.1, -0.05) is 40.2 Å². The van der Waals surface area contributed by atoms with Gasteiger partial charge in [0.15, 0.2) is 12.1 Å². The minimum atomic E-state index is -0.830. The number of phenols is 1. The summed E-state index contributed by atoms with van der Waals surface area (Å²) in [7, 11) is 0. The molecular formula is C24H24BrN3O5. The Labute approximate surface area is 199 Å². The number of aliphatic hydroxyl groups is 1. The second-order valence-corrected chi connectivity index (χ2v) is 9.44. The van der Waals surface area contributed by atoms with Crippen molar-refractivity contribution in [2.45, 2.75) is 44.2 Å². The molecular weight excluding hydrogens is 490 g/mol. The predicted octanol–water partition coefficient (Wildman–Crippen LogP) is 5.37. The van der Waals surface area contributed by atoms with Crippen LogP contribution in [0.15, 0.2) is 69.3 Å². The maximum atomic E-state index is 10.7. The normalized spacial score (nSPS) is 26.2. The van der Waals surface area contributed by atoms with Gasteiger partial charge in [-0.15, -0.1) is 5.11 Å². The molecule has 0 amide bonds. The van der Waals surface area contributed by atoms with E-state index in [0.29, 0.717) is 23.6 Å². The monoisotopic (exact) mass is 513 g/mol. The number of ether oxygens (including phenoxy) is 3. The molecule has 3 aromatic carbocycles. The molecule has 0 bridgehead atoms. The third-order valence-electron chi connectivity index (χ3n) is 5.70. The van der Waals surface area contributed by atoms with E-state index in [1.807, 2.05) is 48.5 Å². The first-order chi connectivity index (χ1) is 15.8. The van der Waals surface area contributed by atoms with Crippen molar-refractivity contribution in [1.82, 2.24) is 0 Å². The van der Waals surface area contributed by atoms with Crippen molar-refractivity contribution < 1.29 is 24.4 Å². The summed E-state index contributed by atoms with van der Waals surface area (Å²) in [5.74, 6) is -0.785. The van der Waals surface area contributed by atoms with Crippen molar-refractivity contribution in [1.29, 1.82) is 0 Å². The number of nitrogens with zero attached hydrogens (tertiary/aromatic N) is 2. The fourth-order valence-electron chi connectivity index (χ4n) is 4.15. The van der Waals surface area contributed by atoms with Crippen LogP contribution < -0.4 is 5.32 Å². The fraction of sp³-hybridized carbons (Fsp3) is 0.333. The lowest BCUT2D eigenvalue weighted by atomic mass is 10.1. The molecule has 2 heterocycles. The summed E-state index contributed by atoms with van der Waals surface area (Å²) in [6, 6.07) is 16.6. The van der Waals surface area contributed by atoms with E-state index in [-0.39, 0.29) is 5.75 Å². The van der Waals surface area contributed by atoms with Gasteiger partial charge in [-0.25, -0.2) is 0 Å². The zero-order valence-electron chi connectivity index (χ0n) is 18.1. The molecule has 0 saturated carbocycles. The highest BCUT2D eigenvalue weighted by atomic mass is 79.9. The lowest BCUT2D eigenvalue weighted by Gasteiger charge is -2.23. The highest BCUT2D eigenvalue weighted by Crippen LogP contribution is 2.41. The third kappa shape index (κ3) is 4.47. The molecule has 8 nitrogen and oxygen atoms in total. The van der Waals surface area contributed by atoms with Crippen LogP contribution in [0.5, 0.6) is 5.75 Å². The fourth-order valence-corrected chi connectivity index (χ4v) is 4.41. The maximum Gasteiger partial charge on any atom is 0.190 e. The number of hydrogen-bond donors (Lipinski definition) is 3. The average molecular weight is 514 g/mol. The first-order valence-corrected chi connectivity index (χ1v) is 11.4. The number of azo groups is 1. The second-order valence-electron chi connectivity index (χ2n) is 8.53. The van der Waals surface area contributed by atoms with Crippen molar-refractivity contribution in [3.8, 4) is 5.75 Å². The van der Waals surface area contributed by atoms with E-state index in [1.165, 1.54) is 0 Å². The molecule has 2 aliphatic rings. The number of rotatable bonds is 5. The van der Waals surface area contributed by atoms with Crippen LogP contribution in [0.2, 0.25) is 0 Å². The second kappa shape index (κ2) is 8.66. The summed E-state index contributed by atoms with van der Waals surface area (Å²) in [6.07, 6.45) is -2.48. The van der Waals surface area contributed by atoms with Gasteiger partial charge in [0.25, 0.3) is 0 Å². The summed E-state index contributed by atoms with van der Waals surface area (Å²) in [4.78, 5) is 0. The van der Waals surface area contributed by atoms with Crippen molar-refractivity contribution >= 4 is 43.8 Å². The van der Waals surface area contributed by atoms with Crippen molar-refractivity contribution in [3.63, 3.8) is 0 Å². The molecule has 9 heteroatoms. The van der Waals surface area contributed by atoms with Gasteiger partial charge in [-0.05, 0) is 38.1 Å². The van der Waals surface area contributed by atoms with Gasteiger partial charge in [-0.3, -0.25) is 0 Å². The Hall–Kier alpha value is -2.56. The number of benzene rings is 3. The molecule has 0 spiro atoms. The third-order valence-corrected chi connectivity index (χ3v) is 6.23. The molecule has 0 aromatic heterocycles. The molecule has 2 saturated heterocycles.